The van der Waals surface area contributed by atoms with Crippen molar-refractivity contribution in [3.05, 3.63) is 29.8 Å². The number of carbonyl (C=O) groups excluding carboxylic acids is 1. The Balaban J connectivity index is 1.85. The van der Waals surface area contributed by atoms with Gasteiger partial charge in [-0.1, -0.05) is 19.1 Å². The number of hydrogen-bond donors (Lipinski definition) is 2. The van der Waals surface area contributed by atoms with E-state index in [2.05, 4.69) is 17.1 Å². The van der Waals surface area contributed by atoms with Crippen LogP contribution in [0.5, 0.6) is 0 Å². The molecule has 1 fully saturated rings. The number of nitrogens with zero attached hydrogens (tertiary/aromatic N) is 1. The van der Waals surface area contributed by atoms with Crippen LogP contribution in [0.4, 0.5) is 5.69 Å². The van der Waals surface area contributed by atoms with Crippen LogP contribution in [0.3, 0.4) is 0 Å². The van der Waals surface area contributed by atoms with Gasteiger partial charge < -0.3 is 15.8 Å². The van der Waals surface area contributed by atoms with Crippen molar-refractivity contribution in [2.45, 2.75) is 26.0 Å². The summed E-state index contributed by atoms with van der Waals surface area (Å²) in [5.74, 6) is 0.0101. The fourth-order valence-corrected chi connectivity index (χ4v) is 2.35. The van der Waals surface area contributed by atoms with Gasteiger partial charge in [0.2, 0.25) is 5.91 Å². The number of hydrogen-bond acceptors (Lipinski definition) is 4. The molecular formula is C15H23N3O2. The van der Waals surface area contributed by atoms with Crippen LogP contribution in [0.2, 0.25) is 0 Å². The molecule has 1 aromatic carbocycles. The molecule has 1 aliphatic heterocycles. The van der Waals surface area contributed by atoms with Crippen LogP contribution in [-0.4, -0.2) is 43.2 Å². The predicted octanol–water partition coefficient (Wildman–Crippen LogP) is 1.19. The average Bonchev–Trinajstić information content (AvgIpc) is 2.47. The summed E-state index contributed by atoms with van der Waals surface area (Å²) in [5.41, 5.74) is 7.41. The lowest BCUT2D eigenvalue weighted by molar-refractivity contribution is -0.119. The molecule has 0 bridgehead atoms. The maximum atomic E-state index is 12.1. The van der Waals surface area contributed by atoms with Crippen molar-refractivity contribution in [3.8, 4) is 0 Å². The summed E-state index contributed by atoms with van der Waals surface area (Å²) in [6.45, 7) is 5.33. The molecule has 2 rings (SSSR count). The fourth-order valence-electron chi connectivity index (χ4n) is 2.35. The molecule has 0 aliphatic carbocycles. The van der Waals surface area contributed by atoms with Crippen LogP contribution in [-0.2, 0) is 16.1 Å². The van der Waals surface area contributed by atoms with Gasteiger partial charge in [0.25, 0.3) is 0 Å². The van der Waals surface area contributed by atoms with Crippen molar-refractivity contribution in [2.75, 3.05) is 31.6 Å². The SMILES string of the molecule is CCC1CN(CC(=O)Nc2cccc(CN)c2)CCO1. The first-order valence-electron chi connectivity index (χ1n) is 7.14. The van der Waals surface area contributed by atoms with Crippen molar-refractivity contribution >= 4 is 11.6 Å². The zero-order valence-electron chi connectivity index (χ0n) is 12.0. The van der Waals surface area contributed by atoms with E-state index in [-0.39, 0.29) is 12.0 Å². The second-order valence-corrected chi connectivity index (χ2v) is 5.09. The normalized spacial score (nSPS) is 19.8. The number of morpholine rings is 1. The fraction of sp³-hybridized carbons (Fsp3) is 0.533. The van der Waals surface area contributed by atoms with E-state index in [1.165, 1.54) is 0 Å². The highest BCUT2D eigenvalue weighted by Crippen LogP contribution is 2.11. The maximum Gasteiger partial charge on any atom is 0.238 e. The summed E-state index contributed by atoms with van der Waals surface area (Å²) in [5, 5.41) is 2.92. The largest absolute Gasteiger partial charge is 0.376 e. The number of rotatable bonds is 5. The first-order chi connectivity index (χ1) is 9.71. The molecule has 1 aliphatic rings. The first-order valence-corrected chi connectivity index (χ1v) is 7.14. The van der Waals surface area contributed by atoms with Gasteiger partial charge in [-0.25, -0.2) is 0 Å². The molecule has 0 spiro atoms. The van der Waals surface area contributed by atoms with Crippen molar-refractivity contribution in [2.24, 2.45) is 5.73 Å². The van der Waals surface area contributed by atoms with Gasteiger partial charge in [0.1, 0.15) is 0 Å². The molecule has 0 aromatic heterocycles. The summed E-state index contributed by atoms with van der Waals surface area (Å²) in [7, 11) is 0. The van der Waals surface area contributed by atoms with E-state index >= 15 is 0 Å². The van der Waals surface area contributed by atoms with E-state index in [1.807, 2.05) is 24.3 Å². The Labute approximate surface area is 120 Å². The highest BCUT2D eigenvalue weighted by Gasteiger charge is 2.20. The average molecular weight is 277 g/mol. The van der Waals surface area contributed by atoms with E-state index in [4.69, 9.17) is 10.5 Å². The lowest BCUT2D eigenvalue weighted by Gasteiger charge is -2.31. The third-order valence-electron chi connectivity index (χ3n) is 3.49. The van der Waals surface area contributed by atoms with Crippen LogP contribution in [0.1, 0.15) is 18.9 Å². The molecule has 0 saturated carbocycles. The number of anilines is 1. The van der Waals surface area contributed by atoms with Gasteiger partial charge in [0.15, 0.2) is 0 Å². The Morgan fingerprint density at radius 2 is 2.40 bits per heavy atom. The lowest BCUT2D eigenvalue weighted by Crippen LogP contribution is -2.45. The number of nitrogens with two attached hydrogens (primary N) is 1. The zero-order chi connectivity index (χ0) is 14.4. The van der Waals surface area contributed by atoms with Gasteiger partial charge in [-0.3, -0.25) is 9.69 Å². The number of benzene rings is 1. The van der Waals surface area contributed by atoms with Crippen LogP contribution in [0.25, 0.3) is 0 Å². The topological polar surface area (TPSA) is 67.6 Å². The number of carbonyl (C=O) groups is 1. The molecule has 1 unspecified atom stereocenters. The summed E-state index contributed by atoms with van der Waals surface area (Å²) in [4.78, 5) is 14.2. The van der Waals surface area contributed by atoms with Crippen molar-refractivity contribution in [1.82, 2.24) is 4.90 Å². The molecule has 5 heteroatoms. The van der Waals surface area contributed by atoms with E-state index in [0.717, 1.165) is 30.8 Å². The molecule has 110 valence electrons. The third kappa shape index (κ3) is 4.30. The molecule has 20 heavy (non-hydrogen) atoms. The lowest BCUT2D eigenvalue weighted by atomic mass is 10.2. The Hall–Kier alpha value is -1.43. The van der Waals surface area contributed by atoms with Crippen molar-refractivity contribution in [1.29, 1.82) is 0 Å². The first kappa shape index (κ1) is 15.0. The maximum absolute atomic E-state index is 12.1. The monoisotopic (exact) mass is 277 g/mol. The minimum Gasteiger partial charge on any atom is -0.376 e. The van der Waals surface area contributed by atoms with Crippen LogP contribution < -0.4 is 11.1 Å². The Bertz CT molecular complexity index is 450. The second kappa shape index (κ2) is 7.38. The van der Waals surface area contributed by atoms with Gasteiger partial charge in [-0.15, -0.1) is 0 Å². The summed E-state index contributed by atoms with van der Waals surface area (Å²) in [6, 6.07) is 7.64. The number of amides is 1. The molecule has 1 amide bonds. The minimum absolute atomic E-state index is 0.0101. The molecule has 1 heterocycles. The molecule has 1 saturated heterocycles. The number of ether oxygens (including phenoxy) is 1. The predicted molar refractivity (Wildman–Crippen MR) is 79.4 cm³/mol. The van der Waals surface area contributed by atoms with Crippen LogP contribution >= 0.6 is 0 Å². The Morgan fingerprint density at radius 3 is 3.15 bits per heavy atom. The quantitative estimate of drug-likeness (QED) is 0.848. The molecule has 3 N–H and O–H groups in total. The van der Waals surface area contributed by atoms with E-state index in [0.29, 0.717) is 19.7 Å². The minimum atomic E-state index is 0.0101. The van der Waals surface area contributed by atoms with E-state index in [1.54, 1.807) is 0 Å². The molecule has 1 aromatic rings. The molecule has 1 atom stereocenters. The molecule has 5 nitrogen and oxygen atoms in total. The van der Waals surface area contributed by atoms with E-state index in [9.17, 15) is 4.79 Å². The second-order valence-electron chi connectivity index (χ2n) is 5.09. The third-order valence-corrected chi connectivity index (χ3v) is 3.49. The standard InChI is InChI=1S/C15H23N3O2/c1-2-14-10-18(6-7-20-14)11-15(19)17-13-5-3-4-12(8-13)9-16/h3-5,8,14H,2,6-7,9-11,16H2,1H3,(H,17,19). The van der Waals surface area contributed by atoms with E-state index < -0.39 is 0 Å². The van der Waals surface area contributed by atoms with Crippen LogP contribution in [0, 0.1) is 0 Å². The smallest absolute Gasteiger partial charge is 0.238 e. The highest BCUT2D eigenvalue weighted by molar-refractivity contribution is 5.92. The van der Waals surface area contributed by atoms with Gasteiger partial charge in [0, 0.05) is 25.3 Å². The molecule has 0 radical (unpaired) electrons. The number of nitrogens with one attached hydrogen (secondary N) is 1. The Morgan fingerprint density at radius 1 is 1.55 bits per heavy atom. The van der Waals surface area contributed by atoms with Gasteiger partial charge in [-0.2, -0.15) is 0 Å². The summed E-state index contributed by atoms with van der Waals surface area (Å²) >= 11 is 0. The van der Waals surface area contributed by atoms with Gasteiger partial charge in [-0.05, 0) is 24.1 Å². The van der Waals surface area contributed by atoms with Crippen LogP contribution in [0.15, 0.2) is 24.3 Å². The van der Waals surface area contributed by atoms with Gasteiger partial charge >= 0.3 is 0 Å². The Kier molecular flexibility index (Phi) is 5.52. The molecular weight excluding hydrogens is 254 g/mol. The summed E-state index contributed by atoms with van der Waals surface area (Å²) in [6.07, 6.45) is 1.23. The summed E-state index contributed by atoms with van der Waals surface area (Å²) < 4.78 is 5.60. The van der Waals surface area contributed by atoms with Crippen molar-refractivity contribution in [3.63, 3.8) is 0 Å². The highest BCUT2D eigenvalue weighted by atomic mass is 16.5. The van der Waals surface area contributed by atoms with Crippen molar-refractivity contribution < 1.29 is 9.53 Å². The zero-order valence-corrected chi connectivity index (χ0v) is 12.0. The van der Waals surface area contributed by atoms with Gasteiger partial charge in [0.05, 0.1) is 19.3 Å².